The molecule has 0 bridgehead atoms. The second kappa shape index (κ2) is 10.1. The van der Waals surface area contributed by atoms with E-state index in [2.05, 4.69) is 37.3 Å². The van der Waals surface area contributed by atoms with Crippen LogP contribution in [0.15, 0.2) is 48.7 Å². The van der Waals surface area contributed by atoms with Crippen LogP contribution in [0.25, 0.3) is 0 Å². The van der Waals surface area contributed by atoms with Gasteiger partial charge in [-0.15, -0.1) is 0 Å². The number of anilines is 1. The molecule has 2 aromatic carbocycles. The summed E-state index contributed by atoms with van der Waals surface area (Å²) in [6.45, 7) is 6.48. The first-order chi connectivity index (χ1) is 17.1. The average Bonchev–Trinajstić information content (AvgIpc) is 3.34. The van der Waals surface area contributed by atoms with E-state index in [4.69, 9.17) is 10.8 Å². The zero-order chi connectivity index (χ0) is 27.7. The number of amides is 2. The van der Waals surface area contributed by atoms with Gasteiger partial charge in [-0.25, -0.2) is 4.79 Å². The summed E-state index contributed by atoms with van der Waals surface area (Å²) < 4.78 is 36.3. The van der Waals surface area contributed by atoms with Crippen molar-refractivity contribution in [1.82, 2.24) is 9.78 Å². The Morgan fingerprint density at radius 2 is 1.81 bits per heavy atom. The van der Waals surface area contributed by atoms with Crippen molar-refractivity contribution in [1.29, 1.82) is 0 Å². The van der Waals surface area contributed by atoms with Crippen LogP contribution in [0.3, 0.4) is 0 Å². The van der Waals surface area contributed by atoms with Crippen molar-refractivity contribution in [2.45, 2.75) is 44.7 Å². The molecule has 37 heavy (non-hydrogen) atoms. The maximum Gasteiger partial charge on any atom is 0.435 e. The molecule has 4 rings (SSSR count). The standard InChI is InChI=1S/C21H22N2O4.C5H5F3N2/c1-11-10-21(2,3)15-5-4-6-16(17(11)15)23-19(25)13-8-7-12(20(26)27)9-14(13)18(22)24;1-10-3-2-4(9-10)5(6,7)8/h4-9,11H,10H2,1-3H3,(H2,22,24)(H,23,25)(H,26,27);2-3H,1H3. The average molecular weight is 517 g/mol. The van der Waals surface area contributed by atoms with Crippen LogP contribution in [0.2, 0.25) is 0 Å². The predicted molar refractivity (Wildman–Crippen MR) is 131 cm³/mol. The van der Waals surface area contributed by atoms with Gasteiger partial charge in [-0.1, -0.05) is 32.9 Å². The number of carboxylic acids is 1. The summed E-state index contributed by atoms with van der Waals surface area (Å²) in [5.74, 6) is -2.25. The Hall–Kier alpha value is -4.15. The SMILES string of the molecule is CC1CC(C)(C)c2cccc(NC(=O)c3ccc(C(=O)O)cc3C(N)=O)c21.Cn1ccc(C(F)(F)F)n1. The van der Waals surface area contributed by atoms with E-state index in [-0.39, 0.29) is 28.0 Å². The van der Waals surface area contributed by atoms with Gasteiger partial charge in [-0.2, -0.15) is 18.3 Å². The lowest BCUT2D eigenvalue weighted by molar-refractivity contribution is -0.141. The minimum atomic E-state index is -4.32. The van der Waals surface area contributed by atoms with Gasteiger partial charge in [0, 0.05) is 18.9 Å². The van der Waals surface area contributed by atoms with E-state index < -0.39 is 29.7 Å². The zero-order valence-corrected chi connectivity index (χ0v) is 20.7. The Balaban J connectivity index is 0.000000319. The second-order valence-corrected chi connectivity index (χ2v) is 9.51. The number of aryl methyl sites for hydroxylation is 1. The van der Waals surface area contributed by atoms with Crippen molar-refractivity contribution < 1.29 is 32.7 Å². The molecule has 1 heterocycles. The van der Waals surface area contributed by atoms with E-state index in [0.717, 1.165) is 28.8 Å². The third kappa shape index (κ3) is 5.99. The number of carbonyl (C=O) groups is 3. The summed E-state index contributed by atoms with van der Waals surface area (Å²) in [6.07, 6.45) is -2.08. The molecule has 3 aromatic rings. The fourth-order valence-electron chi connectivity index (χ4n) is 4.61. The van der Waals surface area contributed by atoms with Crippen molar-refractivity contribution in [2.75, 3.05) is 5.32 Å². The Labute approximate surface area is 211 Å². The van der Waals surface area contributed by atoms with E-state index in [0.29, 0.717) is 5.69 Å². The Bertz CT molecular complexity index is 1360. The van der Waals surface area contributed by atoms with Crippen LogP contribution in [0, 0.1) is 0 Å². The minimum absolute atomic E-state index is 0.0248. The van der Waals surface area contributed by atoms with Crippen LogP contribution in [-0.4, -0.2) is 32.7 Å². The summed E-state index contributed by atoms with van der Waals surface area (Å²) in [5, 5.41) is 15.1. The van der Waals surface area contributed by atoms with Crippen LogP contribution < -0.4 is 11.1 Å². The van der Waals surface area contributed by atoms with Gasteiger partial charge in [0.05, 0.1) is 16.7 Å². The highest BCUT2D eigenvalue weighted by Crippen LogP contribution is 2.48. The smallest absolute Gasteiger partial charge is 0.435 e. The number of alkyl halides is 3. The summed E-state index contributed by atoms with van der Waals surface area (Å²) in [6, 6.07) is 10.5. The molecule has 4 N–H and O–H groups in total. The molecule has 8 nitrogen and oxygen atoms in total. The first-order valence-electron chi connectivity index (χ1n) is 11.3. The van der Waals surface area contributed by atoms with Gasteiger partial charge in [0.15, 0.2) is 5.69 Å². The third-order valence-electron chi connectivity index (χ3n) is 6.17. The van der Waals surface area contributed by atoms with E-state index in [1.165, 1.54) is 30.9 Å². The fraction of sp³-hybridized carbons (Fsp3) is 0.308. The maximum absolute atomic E-state index is 12.8. The number of hydrogen-bond acceptors (Lipinski definition) is 4. The largest absolute Gasteiger partial charge is 0.478 e. The van der Waals surface area contributed by atoms with Crippen molar-refractivity contribution in [3.8, 4) is 0 Å². The number of nitrogens with one attached hydrogen (secondary N) is 1. The molecular weight excluding hydrogens is 489 g/mol. The van der Waals surface area contributed by atoms with E-state index >= 15 is 0 Å². The summed E-state index contributed by atoms with van der Waals surface area (Å²) in [7, 11) is 1.44. The number of rotatable bonds is 4. The van der Waals surface area contributed by atoms with Crippen molar-refractivity contribution in [3.63, 3.8) is 0 Å². The lowest BCUT2D eigenvalue weighted by Gasteiger charge is -2.19. The number of carboxylic acid groups (broad SMARTS) is 1. The predicted octanol–water partition coefficient (Wildman–Crippen LogP) is 4.96. The van der Waals surface area contributed by atoms with Crippen LogP contribution >= 0.6 is 0 Å². The fourth-order valence-corrected chi connectivity index (χ4v) is 4.61. The summed E-state index contributed by atoms with van der Waals surface area (Å²) in [5.41, 5.74) is 7.35. The molecule has 11 heteroatoms. The summed E-state index contributed by atoms with van der Waals surface area (Å²) in [4.78, 5) is 35.7. The number of fused-ring (bicyclic) bond motifs is 1. The quantitative estimate of drug-likeness (QED) is 0.452. The number of halogens is 3. The minimum Gasteiger partial charge on any atom is -0.478 e. The molecule has 1 aliphatic carbocycles. The van der Waals surface area contributed by atoms with E-state index in [9.17, 15) is 27.6 Å². The molecule has 0 saturated heterocycles. The maximum atomic E-state index is 12.8. The molecule has 1 unspecified atom stereocenters. The molecule has 2 amide bonds. The van der Waals surface area contributed by atoms with Crippen LogP contribution in [0.1, 0.15) is 81.0 Å². The molecule has 0 fully saturated rings. The zero-order valence-electron chi connectivity index (χ0n) is 20.7. The van der Waals surface area contributed by atoms with Gasteiger partial charge >= 0.3 is 12.1 Å². The Kier molecular flexibility index (Phi) is 7.47. The number of aromatic carboxylic acids is 1. The monoisotopic (exact) mass is 516 g/mol. The number of benzene rings is 2. The third-order valence-corrected chi connectivity index (χ3v) is 6.17. The number of nitrogens with two attached hydrogens (primary N) is 1. The number of hydrogen-bond donors (Lipinski definition) is 3. The second-order valence-electron chi connectivity index (χ2n) is 9.51. The Morgan fingerprint density at radius 1 is 1.14 bits per heavy atom. The van der Waals surface area contributed by atoms with E-state index in [1.54, 1.807) is 0 Å². The van der Waals surface area contributed by atoms with Gasteiger partial charge < -0.3 is 16.2 Å². The van der Waals surface area contributed by atoms with Crippen LogP contribution in [-0.2, 0) is 18.6 Å². The molecule has 0 aliphatic heterocycles. The molecule has 1 atom stereocenters. The van der Waals surface area contributed by atoms with Crippen LogP contribution in [0.4, 0.5) is 18.9 Å². The number of primary amides is 1. The van der Waals surface area contributed by atoms with Gasteiger partial charge in [-0.3, -0.25) is 14.3 Å². The highest BCUT2D eigenvalue weighted by atomic mass is 19.4. The highest BCUT2D eigenvalue weighted by Gasteiger charge is 2.36. The van der Waals surface area contributed by atoms with Crippen molar-refractivity contribution in [3.05, 3.63) is 82.2 Å². The first-order valence-corrected chi connectivity index (χ1v) is 11.3. The first kappa shape index (κ1) is 27.4. The molecule has 0 saturated carbocycles. The lowest BCUT2D eigenvalue weighted by Crippen LogP contribution is -2.21. The van der Waals surface area contributed by atoms with Gasteiger partial charge in [0.2, 0.25) is 5.91 Å². The summed E-state index contributed by atoms with van der Waals surface area (Å²) >= 11 is 0. The van der Waals surface area contributed by atoms with Gasteiger partial charge in [-0.05, 0) is 59.2 Å². The Morgan fingerprint density at radius 3 is 2.32 bits per heavy atom. The highest BCUT2D eigenvalue weighted by molar-refractivity contribution is 6.13. The number of aromatic nitrogens is 2. The molecule has 1 aromatic heterocycles. The normalized spacial score (nSPS) is 15.8. The van der Waals surface area contributed by atoms with Gasteiger partial charge in [0.25, 0.3) is 5.91 Å². The number of nitrogens with zero attached hydrogens (tertiary/aromatic N) is 2. The van der Waals surface area contributed by atoms with E-state index in [1.807, 2.05) is 12.1 Å². The van der Waals surface area contributed by atoms with Crippen LogP contribution in [0.5, 0.6) is 0 Å². The lowest BCUT2D eigenvalue weighted by atomic mass is 9.86. The van der Waals surface area contributed by atoms with Crippen molar-refractivity contribution in [2.24, 2.45) is 12.8 Å². The molecule has 0 spiro atoms. The molecule has 0 radical (unpaired) electrons. The molecule has 1 aliphatic rings. The topological polar surface area (TPSA) is 127 Å². The number of carbonyl (C=O) groups excluding carboxylic acids is 2. The molecule has 196 valence electrons. The van der Waals surface area contributed by atoms with Gasteiger partial charge in [0.1, 0.15) is 0 Å². The van der Waals surface area contributed by atoms with Crippen molar-refractivity contribution >= 4 is 23.5 Å². The molecular formula is C26H27F3N4O4.